The first-order chi connectivity index (χ1) is 14.2. The second-order valence-corrected chi connectivity index (χ2v) is 8.28. The fraction of sp³-hybridized carbons (Fsp3) is 0.545. The number of hydrogen-bond acceptors (Lipinski definition) is 5. The summed E-state index contributed by atoms with van der Waals surface area (Å²) in [6.45, 7) is 6.29. The van der Waals surface area contributed by atoms with Crippen LogP contribution in [0.4, 0.5) is 0 Å². The average molecular weight is 545 g/mol. The molecule has 3 rings (SSSR count). The summed E-state index contributed by atoms with van der Waals surface area (Å²) in [5.41, 5.74) is 2.25. The van der Waals surface area contributed by atoms with E-state index in [2.05, 4.69) is 46.4 Å². The Balaban J connectivity index is 0.00000320. The van der Waals surface area contributed by atoms with Gasteiger partial charge in [0.05, 0.1) is 18.3 Å². The maximum absolute atomic E-state index is 5.96. The maximum atomic E-state index is 5.96. The van der Waals surface area contributed by atoms with Crippen LogP contribution in [0.5, 0.6) is 0 Å². The summed E-state index contributed by atoms with van der Waals surface area (Å²) in [6, 6.07) is 10.4. The monoisotopic (exact) mass is 544 g/mol. The number of rotatable bonds is 8. The van der Waals surface area contributed by atoms with Crippen molar-refractivity contribution >= 4 is 41.3 Å². The molecule has 1 aromatic carbocycles. The molecule has 0 saturated carbocycles. The normalized spacial score (nSPS) is 15.2. The molecule has 0 aliphatic carbocycles. The number of benzene rings is 1. The van der Waals surface area contributed by atoms with Crippen molar-refractivity contribution in [2.75, 3.05) is 40.5 Å². The minimum Gasteiger partial charge on any atom is -0.385 e. The first-order valence-corrected chi connectivity index (χ1v) is 11.1. The van der Waals surface area contributed by atoms with Crippen LogP contribution in [0.15, 0.2) is 35.3 Å². The molecule has 6 nitrogen and oxygen atoms in total. The third kappa shape index (κ3) is 7.18. The van der Waals surface area contributed by atoms with Gasteiger partial charge in [-0.1, -0.05) is 30.3 Å². The number of guanidine groups is 1. The molecule has 0 spiro atoms. The first-order valence-electron chi connectivity index (χ1n) is 10.3. The van der Waals surface area contributed by atoms with Crippen molar-refractivity contribution in [1.29, 1.82) is 0 Å². The zero-order chi connectivity index (χ0) is 20.5. The summed E-state index contributed by atoms with van der Waals surface area (Å²) in [6.07, 6.45) is 3.37. The Morgan fingerprint density at radius 2 is 1.97 bits per heavy atom. The van der Waals surface area contributed by atoms with E-state index in [1.54, 1.807) is 18.4 Å². The van der Waals surface area contributed by atoms with E-state index in [-0.39, 0.29) is 24.0 Å². The Morgan fingerprint density at radius 1 is 1.23 bits per heavy atom. The highest BCUT2D eigenvalue weighted by Crippen LogP contribution is 2.27. The third-order valence-electron chi connectivity index (χ3n) is 5.12. The highest BCUT2D eigenvalue weighted by Gasteiger charge is 2.22. The molecule has 2 aromatic rings. The smallest absolute Gasteiger partial charge is 0.193 e. The zero-order valence-electron chi connectivity index (χ0n) is 18.1. The summed E-state index contributed by atoms with van der Waals surface area (Å²) in [5, 5.41) is 4.60. The Kier molecular flexibility index (Phi) is 11.0. The number of likely N-dealkylation sites (tertiary alicyclic amines) is 1. The van der Waals surface area contributed by atoms with Crippen molar-refractivity contribution in [2.45, 2.75) is 38.8 Å². The highest BCUT2D eigenvalue weighted by atomic mass is 127. The summed E-state index contributed by atoms with van der Waals surface area (Å²) in [7, 11) is 3.58. The van der Waals surface area contributed by atoms with Crippen molar-refractivity contribution in [2.24, 2.45) is 4.99 Å². The molecule has 1 saturated heterocycles. The van der Waals surface area contributed by atoms with E-state index in [0.29, 0.717) is 6.10 Å². The second kappa shape index (κ2) is 13.2. The number of nitrogens with zero attached hydrogens (tertiary/aromatic N) is 3. The zero-order valence-corrected chi connectivity index (χ0v) is 21.2. The van der Waals surface area contributed by atoms with Crippen molar-refractivity contribution < 1.29 is 9.47 Å². The van der Waals surface area contributed by atoms with E-state index in [9.17, 15) is 0 Å². The largest absolute Gasteiger partial charge is 0.385 e. The Hall–Kier alpha value is -1.23. The van der Waals surface area contributed by atoms with Crippen molar-refractivity contribution in [3.63, 3.8) is 0 Å². The lowest BCUT2D eigenvalue weighted by atomic mass is 10.1. The Labute approximate surface area is 201 Å². The lowest BCUT2D eigenvalue weighted by Gasteiger charge is -2.34. The van der Waals surface area contributed by atoms with Crippen LogP contribution in [0, 0.1) is 6.92 Å². The van der Waals surface area contributed by atoms with E-state index in [4.69, 9.17) is 14.5 Å². The van der Waals surface area contributed by atoms with Gasteiger partial charge in [0.1, 0.15) is 5.01 Å². The van der Waals surface area contributed by atoms with Gasteiger partial charge < -0.3 is 19.7 Å². The molecule has 0 unspecified atom stereocenters. The second-order valence-electron chi connectivity index (χ2n) is 7.20. The number of nitrogens with one attached hydrogen (secondary N) is 1. The van der Waals surface area contributed by atoms with Crippen molar-refractivity contribution in [3.8, 4) is 10.6 Å². The topological polar surface area (TPSA) is 59.0 Å². The number of methoxy groups -OCH3 is 1. The maximum Gasteiger partial charge on any atom is 0.193 e. The van der Waals surface area contributed by atoms with Gasteiger partial charge in [0.25, 0.3) is 0 Å². The van der Waals surface area contributed by atoms with Crippen LogP contribution in [0.3, 0.4) is 0 Å². The fourth-order valence-electron chi connectivity index (χ4n) is 3.48. The SMILES string of the molecule is CN=C(NCc1sc(-c2ccccc2)nc1C)N1CCC(OCCCOC)CC1.I. The molecule has 1 aromatic heterocycles. The molecule has 1 fully saturated rings. The van der Waals surface area contributed by atoms with Gasteiger partial charge in [-0.15, -0.1) is 35.3 Å². The van der Waals surface area contributed by atoms with Gasteiger partial charge in [-0.25, -0.2) is 4.98 Å². The molecule has 1 aliphatic heterocycles. The standard InChI is InChI=1S/C22H32N4O2S.HI/c1-17-20(29-21(25-17)18-8-5-4-6-9-18)16-24-22(23-2)26-12-10-19(11-13-26)28-15-7-14-27-3;/h4-6,8-9,19H,7,10-16H2,1-3H3,(H,23,24);1H. The lowest BCUT2D eigenvalue weighted by Crippen LogP contribution is -2.46. The number of halogens is 1. The van der Waals surface area contributed by atoms with Gasteiger partial charge >= 0.3 is 0 Å². The third-order valence-corrected chi connectivity index (χ3v) is 6.33. The molecular weight excluding hydrogens is 511 g/mol. The van der Waals surface area contributed by atoms with E-state index in [1.165, 1.54) is 10.4 Å². The van der Waals surface area contributed by atoms with E-state index >= 15 is 0 Å². The first kappa shape index (κ1) is 25.0. The van der Waals surface area contributed by atoms with Gasteiger partial charge in [0.15, 0.2) is 5.96 Å². The molecule has 166 valence electrons. The minimum atomic E-state index is 0. The van der Waals surface area contributed by atoms with Crippen LogP contribution in [-0.2, 0) is 16.0 Å². The van der Waals surface area contributed by atoms with Crippen molar-refractivity contribution in [3.05, 3.63) is 40.9 Å². The van der Waals surface area contributed by atoms with Crippen molar-refractivity contribution in [1.82, 2.24) is 15.2 Å². The van der Waals surface area contributed by atoms with E-state index < -0.39 is 0 Å². The number of aromatic nitrogens is 1. The molecule has 8 heteroatoms. The summed E-state index contributed by atoms with van der Waals surface area (Å²) >= 11 is 1.75. The number of thiazole rings is 1. The average Bonchev–Trinajstić information content (AvgIpc) is 3.14. The molecule has 0 amide bonds. The number of aliphatic imine (C=N–C) groups is 1. The van der Waals surface area contributed by atoms with Gasteiger partial charge in [-0.05, 0) is 26.2 Å². The number of aryl methyl sites for hydroxylation is 1. The number of piperidine rings is 1. The van der Waals surface area contributed by atoms with Gasteiger partial charge in [-0.2, -0.15) is 0 Å². The number of ether oxygens (including phenoxy) is 2. The summed E-state index contributed by atoms with van der Waals surface area (Å²) < 4.78 is 11.0. The molecule has 1 N–H and O–H groups in total. The molecule has 0 radical (unpaired) electrons. The predicted molar refractivity (Wildman–Crippen MR) is 135 cm³/mol. The lowest BCUT2D eigenvalue weighted by molar-refractivity contribution is 0.00990. The summed E-state index contributed by atoms with van der Waals surface area (Å²) in [4.78, 5) is 12.8. The molecular formula is C22H33IN4O2S. The van der Waals surface area contributed by atoms with E-state index in [0.717, 1.165) is 68.8 Å². The van der Waals surface area contributed by atoms with Crippen LogP contribution < -0.4 is 5.32 Å². The molecule has 1 aliphatic rings. The fourth-order valence-corrected chi connectivity index (χ4v) is 4.48. The Morgan fingerprint density at radius 3 is 2.63 bits per heavy atom. The quantitative estimate of drug-likeness (QED) is 0.232. The Bertz CT molecular complexity index is 777. The van der Waals surface area contributed by atoms with Crippen LogP contribution in [0.2, 0.25) is 0 Å². The van der Waals surface area contributed by atoms with Crippen LogP contribution in [0.25, 0.3) is 10.6 Å². The molecule has 30 heavy (non-hydrogen) atoms. The van der Waals surface area contributed by atoms with Gasteiger partial charge in [-0.3, -0.25) is 4.99 Å². The highest BCUT2D eigenvalue weighted by molar-refractivity contribution is 14.0. The minimum absolute atomic E-state index is 0. The predicted octanol–water partition coefficient (Wildman–Crippen LogP) is 4.33. The van der Waals surface area contributed by atoms with Gasteiger partial charge in [0.2, 0.25) is 0 Å². The molecule has 0 bridgehead atoms. The van der Waals surface area contributed by atoms with Crippen LogP contribution in [0.1, 0.15) is 29.8 Å². The number of hydrogen-bond donors (Lipinski definition) is 1. The van der Waals surface area contributed by atoms with E-state index in [1.807, 2.05) is 13.1 Å². The van der Waals surface area contributed by atoms with Crippen LogP contribution in [-0.4, -0.2) is 62.4 Å². The summed E-state index contributed by atoms with van der Waals surface area (Å²) in [5.74, 6) is 0.955. The molecule has 2 heterocycles. The molecule has 0 atom stereocenters. The van der Waals surface area contributed by atoms with Crippen LogP contribution >= 0.6 is 35.3 Å². The van der Waals surface area contributed by atoms with Gasteiger partial charge in [0, 0.05) is 50.9 Å².